The predicted octanol–water partition coefficient (Wildman–Crippen LogP) is 2.51. The number of nitrogens with zero attached hydrogens (tertiary/aromatic N) is 2. The predicted molar refractivity (Wildman–Crippen MR) is 54.0 cm³/mol. The Kier molecular flexibility index (Phi) is 2.49. The zero-order valence-corrected chi connectivity index (χ0v) is 8.98. The SMILES string of the molecule is COc1ccc(-c2nnco2)cc1Br. The van der Waals surface area contributed by atoms with Gasteiger partial charge in [0.1, 0.15) is 5.75 Å². The Morgan fingerprint density at radius 3 is 2.86 bits per heavy atom. The summed E-state index contributed by atoms with van der Waals surface area (Å²) in [6.45, 7) is 0. The Balaban J connectivity index is 2.43. The molecule has 0 saturated carbocycles. The molecule has 0 saturated heterocycles. The van der Waals surface area contributed by atoms with Gasteiger partial charge in [0.25, 0.3) is 0 Å². The van der Waals surface area contributed by atoms with Crippen molar-refractivity contribution in [2.75, 3.05) is 7.11 Å². The maximum absolute atomic E-state index is 5.10. The van der Waals surface area contributed by atoms with Crippen molar-refractivity contribution in [2.24, 2.45) is 0 Å². The molecule has 0 unspecified atom stereocenters. The molecule has 0 aliphatic rings. The standard InChI is InChI=1S/C9H7BrN2O2/c1-13-8-3-2-6(4-7(8)10)9-12-11-5-14-9/h2-5H,1H3. The number of aromatic nitrogens is 2. The molecule has 2 rings (SSSR count). The van der Waals surface area contributed by atoms with Crippen LogP contribution < -0.4 is 4.74 Å². The van der Waals surface area contributed by atoms with Gasteiger partial charge in [-0.15, -0.1) is 10.2 Å². The van der Waals surface area contributed by atoms with Gasteiger partial charge in [-0.1, -0.05) is 0 Å². The van der Waals surface area contributed by atoms with Crippen molar-refractivity contribution in [3.05, 3.63) is 29.1 Å². The van der Waals surface area contributed by atoms with Gasteiger partial charge in [0.15, 0.2) is 0 Å². The van der Waals surface area contributed by atoms with Gasteiger partial charge in [0.05, 0.1) is 11.6 Å². The van der Waals surface area contributed by atoms with Crippen LogP contribution in [-0.4, -0.2) is 17.3 Å². The van der Waals surface area contributed by atoms with Crippen molar-refractivity contribution in [1.29, 1.82) is 0 Å². The van der Waals surface area contributed by atoms with Gasteiger partial charge in [0.2, 0.25) is 12.3 Å². The normalized spacial score (nSPS) is 10.1. The summed E-state index contributed by atoms with van der Waals surface area (Å²) in [6.07, 6.45) is 1.30. The van der Waals surface area contributed by atoms with Crippen LogP contribution in [0.1, 0.15) is 0 Å². The highest BCUT2D eigenvalue weighted by molar-refractivity contribution is 9.10. The first-order chi connectivity index (χ1) is 6.81. The van der Waals surface area contributed by atoms with E-state index in [1.165, 1.54) is 6.39 Å². The van der Waals surface area contributed by atoms with Crippen LogP contribution in [-0.2, 0) is 0 Å². The van der Waals surface area contributed by atoms with E-state index >= 15 is 0 Å². The average molecular weight is 255 g/mol. The second kappa shape index (κ2) is 3.79. The summed E-state index contributed by atoms with van der Waals surface area (Å²) < 4.78 is 11.0. The highest BCUT2D eigenvalue weighted by Crippen LogP contribution is 2.29. The lowest BCUT2D eigenvalue weighted by Gasteiger charge is -2.03. The minimum Gasteiger partial charge on any atom is -0.496 e. The van der Waals surface area contributed by atoms with Gasteiger partial charge in [-0.3, -0.25) is 0 Å². The summed E-state index contributed by atoms with van der Waals surface area (Å²) in [5.41, 5.74) is 0.857. The molecule has 4 nitrogen and oxygen atoms in total. The van der Waals surface area contributed by atoms with Crippen LogP contribution in [0.4, 0.5) is 0 Å². The van der Waals surface area contributed by atoms with Gasteiger partial charge >= 0.3 is 0 Å². The van der Waals surface area contributed by atoms with E-state index in [4.69, 9.17) is 9.15 Å². The van der Waals surface area contributed by atoms with Gasteiger partial charge in [-0.25, -0.2) is 0 Å². The van der Waals surface area contributed by atoms with Crippen LogP contribution in [0.3, 0.4) is 0 Å². The van der Waals surface area contributed by atoms with Crippen molar-refractivity contribution < 1.29 is 9.15 Å². The van der Waals surface area contributed by atoms with Crippen molar-refractivity contribution in [1.82, 2.24) is 10.2 Å². The second-order valence-electron chi connectivity index (χ2n) is 2.59. The summed E-state index contributed by atoms with van der Waals surface area (Å²) in [7, 11) is 1.62. The average Bonchev–Trinajstić information content (AvgIpc) is 2.70. The maximum atomic E-state index is 5.10. The molecule has 0 amide bonds. The van der Waals surface area contributed by atoms with Crippen LogP contribution >= 0.6 is 15.9 Å². The molecule has 14 heavy (non-hydrogen) atoms. The van der Waals surface area contributed by atoms with Gasteiger partial charge in [-0.2, -0.15) is 0 Å². The fraction of sp³-hybridized carbons (Fsp3) is 0.111. The number of halogens is 1. The monoisotopic (exact) mass is 254 g/mol. The van der Waals surface area contributed by atoms with Crippen LogP contribution in [0.2, 0.25) is 0 Å². The largest absolute Gasteiger partial charge is 0.496 e. The molecule has 0 bridgehead atoms. The molecule has 5 heteroatoms. The summed E-state index contributed by atoms with van der Waals surface area (Å²) in [6, 6.07) is 5.56. The van der Waals surface area contributed by atoms with E-state index in [0.717, 1.165) is 15.8 Å². The Hall–Kier alpha value is -1.36. The highest BCUT2D eigenvalue weighted by atomic mass is 79.9. The lowest BCUT2D eigenvalue weighted by Crippen LogP contribution is -1.85. The first-order valence-corrected chi connectivity index (χ1v) is 4.70. The van der Waals surface area contributed by atoms with Crippen molar-refractivity contribution in [3.63, 3.8) is 0 Å². The molecule has 0 radical (unpaired) electrons. The zero-order valence-electron chi connectivity index (χ0n) is 7.40. The summed E-state index contributed by atoms with van der Waals surface area (Å²) in [4.78, 5) is 0. The lowest BCUT2D eigenvalue weighted by atomic mass is 10.2. The van der Waals surface area contributed by atoms with Crippen LogP contribution in [0.5, 0.6) is 5.75 Å². The van der Waals surface area contributed by atoms with E-state index in [1.807, 2.05) is 18.2 Å². The Morgan fingerprint density at radius 1 is 1.43 bits per heavy atom. The third kappa shape index (κ3) is 1.63. The van der Waals surface area contributed by atoms with Gasteiger partial charge < -0.3 is 9.15 Å². The second-order valence-corrected chi connectivity index (χ2v) is 3.45. The minimum atomic E-state index is 0.494. The van der Waals surface area contributed by atoms with Gasteiger partial charge in [0, 0.05) is 5.56 Å². The van der Waals surface area contributed by atoms with E-state index in [0.29, 0.717) is 5.89 Å². The van der Waals surface area contributed by atoms with Crippen LogP contribution in [0.15, 0.2) is 33.5 Å². The summed E-state index contributed by atoms with van der Waals surface area (Å²) >= 11 is 3.38. The van der Waals surface area contributed by atoms with Crippen molar-refractivity contribution in [2.45, 2.75) is 0 Å². The fourth-order valence-electron chi connectivity index (χ4n) is 1.10. The molecule has 0 fully saturated rings. The van der Waals surface area contributed by atoms with Crippen LogP contribution in [0.25, 0.3) is 11.5 Å². The number of methoxy groups -OCH3 is 1. The zero-order chi connectivity index (χ0) is 9.97. The third-order valence-electron chi connectivity index (χ3n) is 1.76. The smallest absolute Gasteiger partial charge is 0.247 e. The molecule has 72 valence electrons. The van der Waals surface area contributed by atoms with E-state index in [2.05, 4.69) is 26.1 Å². The number of hydrogen-bond acceptors (Lipinski definition) is 4. The molecular formula is C9H7BrN2O2. The van der Waals surface area contributed by atoms with E-state index < -0.39 is 0 Å². The summed E-state index contributed by atoms with van der Waals surface area (Å²) in [5, 5.41) is 7.41. The number of rotatable bonds is 2. The Morgan fingerprint density at radius 2 is 2.29 bits per heavy atom. The first kappa shape index (κ1) is 9.21. The number of hydrogen-bond donors (Lipinski definition) is 0. The lowest BCUT2D eigenvalue weighted by molar-refractivity contribution is 0.412. The molecule has 1 aromatic heterocycles. The quantitative estimate of drug-likeness (QED) is 0.827. The molecule has 1 aromatic carbocycles. The first-order valence-electron chi connectivity index (χ1n) is 3.91. The molecule has 0 atom stereocenters. The van der Waals surface area contributed by atoms with Crippen molar-refractivity contribution >= 4 is 15.9 Å². The van der Waals surface area contributed by atoms with E-state index in [1.54, 1.807) is 7.11 Å². The molecule has 1 heterocycles. The Labute approximate surface area is 89.0 Å². The molecule has 0 aliphatic heterocycles. The molecule has 0 spiro atoms. The highest BCUT2D eigenvalue weighted by Gasteiger charge is 2.06. The molecule has 0 aliphatic carbocycles. The number of ether oxygens (including phenoxy) is 1. The number of benzene rings is 1. The fourth-order valence-corrected chi connectivity index (χ4v) is 1.64. The van der Waals surface area contributed by atoms with Crippen LogP contribution in [0, 0.1) is 0 Å². The maximum Gasteiger partial charge on any atom is 0.247 e. The third-order valence-corrected chi connectivity index (χ3v) is 2.38. The summed E-state index contributed by atoms with van der Waals surface area (Å²) in [5.74, 6) is 1.27. The Bertz CT molecular complexity index is 428. The van der Waals surface area contributed by atoms with E-state index in [-0.39, 0.29) is 0 Å². The van der Waals surface area contributed by atoms with Gasteiger partial charge in [-0.05, 0) is 34.1 Å². The topological polar surface area (TPSA) is 48.2 Å². The van der Waals surface area contributed by atoms with Crippen molar-refractivity contribution in [3.8, 4) is 17.2 Å². The molecule has 2 aromatic rings. The molecule has 0 N–H and O–H groups in total. The van der Waals surface area contributed by atoms with E-state index in [9.17, 15) is 0 Å². The molecular weight excluding hydrogens is 248 g/mol. The minimum absolute atomic E-state index is 0.494.